The first-order chi connectivity index (χ1) is 57.4. The van der Waals surface area contributed by atoms with Crippen molar-refractivity contribution in [3.8, 4) is 136 Å². The molecule has 21 rings (SSSR count). The van der Waals surface area contributed by atoms with E-state index in [1.54, 1.807) is 0 Å². The zero-order valence-corrected chi connectivity index (χ0v) is 63.6. The second-order valence-electron chi connectivity index (χ2n) is 28.7. The molecule has 0 bridgehead atoms. The van der Waals surface area contributed by atoms with Crippen LogP contribution in [0.5, 0.6) is 0 Å². The lowest BCUT2D eigenvalue weighted by molar-refractivity contribution is 0.908. The molecule has 0 amide bonds. The van der Waals surface area contributed by atoms with Crippen LogP contribution in [-0.4, -0.2) is 59.0 Å². The van der Waals surface area contributed by atoms with Crippen molar-refractivity contribution in [2.75, 3.05) is 0 Å². The van der Waals surface area contributed by atoms with Gasteiger partial charge in [-0.15, -0.1) is 0 Å². The van der Waals surface area contributed by atoms with Crippen LogP contribution in [0.1, 0.15) is 25.5 Å². The van der Waals surface area contributed by atoms with E-state index in [0.717, 1.165) is 208 Å². The summed E-state index contributed by atoms with van der Waals surface area (Å²) in [6, 6.07) is 129. The van der Waals surface area contributed by atoms with Crippen LogP contribution < -0.4 is 0 Å². The molecule has 0 aliphatic heterocycles. The molecular formula is C104H72N12. The summed E-state index contributed by atoms with van der Waals surface area (Å²) in [6.07, 6.45) is 1.60. The third-order valence-electron chi connectivity index (χ3n) is 21.6. The molecule has 12 heteroatoms. The summed E-state index contributed by atoms with van der Waals surface area (Å²) < 4.78 is 4.55. The first kappa shape index (κ1) is 69.8. The van der Waals surface area contributed by atoms with Crippen molar-refractivity contribution in [2.45, 2.75) is 26.7 Å². The quantitative estimate of drug-likeness (QED) is 0.0912. The Labute approximate surface area is 670 Å². The van der Waals surface area contributed by atoms with Gasteiger partial charge in [0.15, 0.2) is 11.6 Å². The number of hydrogen-bond acceptors (Lipinski definition) is 10. The summed E-state index contributed by atoms with van der Waals surface area (Å²) in [5.74, 6) is 3.35. The molecule has 8 heterocycles. The highest BCUT2D eigenvalue weighted by atomic mass is 15.1. The lowest BCUT2D eigenvalue weighted by atomic mass is 9.97. The maximum atomic E-state index is 5.32. The van der Waals surface area contributed by atoms with Gasteiger partial charge in [0.1, 0.15) is 11.6 Å². The van der Waals surface area contributed by atoms with Gasteiger partial charge in [-0.05, 0) is 107 Å². The number of imidazole rings is 2. The van der Waals surface area contributed by atoms with Gasteiger partial charge in [0.05, 0.1) is 90.0 Å². The molecule has 0 N–H and O–H groups in total. The molecule has 0 aliphatic carbocycles. The molecule has 8 aromatic heterocycles. The van der Waals surface area contributed by atoms with Gasteiger partial charge in [-0.1, -0.05) is 305 Å². The molecule has 0 saturated heterocycles. The SMILES string of the molecule is CCc1nc2c3c(-c4ccc(-c5cccc(-c6cc(-c7ccc(-c8ccccc8)cc7)nc(-c7ccccc7)n6)n5)cc4)nc4ccccc4c3ccc2n1-c1ccccc1.CCc1nc2c3c(-c4ccc(-c5cccc(-c6cc(-c7ccccc7)nc(-c7ccccc7)n6)n5)cc4)nc4ccccc4c3ccc2n1-c1ccccc1. The number of pyridine rings is 4. The summed E-state index contributed by atoms with van der Waals surface area (Å²) in [5, 5.41) is 6.61. The van der Waals surface area contributed by atoms with E-state index < -0.39 is 0 Å². The van der Waals surface area contributed by atoms with Crippen LogP contribution in [0.25, 0.3) is 201 Å². The third-order valence-corrected chi connectivity index (χ3v) is 21.6. The highest BCUT2D eigenvalue weighted by molar-refractivity contribution is 6.21. The number of aromatic nitrogens is 12. The summed E-state index contributed by atoms with van der Waals surface area (Å²) >= 11 is 0. The van der Waals surface area contributed by atoms with E-state index in [9.17, 15) is 0 Å². The number of hydrogen-bond donors (Lipinski definition) is 0. The predicted octanol–water partition coefficient (Wildman–Crippen LogP) is 25.3. The first-order valence-electron chi connectivity index (χ1n) is 39.2. The van der Waals surface area contributed by atoms with Crippen LogP contribution in [0, 0.1) is 0 Å². The lowest BCUT2D eigenvalue weighted by Gasteiger charge is -2.13. The van der Waals surface area contributed by atoms with Crippen LogP contribution in [0.2, 0.25) is 0 Å². The molecule has 116 heavy (non-hydrogen) atoms. The van der Waals surface area contributed by atoms with Gasteiger partial charge in [0.25, 0.3) is 0 Å². The minimum Gasteiger partial charge on any atom is -0.296 e. The van der Waals surface area contributed by atoms with Crippen LogP contribution in [-0.2, 0) is 12.8 Å². The fraction of sp³-hybridized carbons (Fsp3) is 0.0385. The van der Waals surface area contributed by atoms with Crippen molar-refractivity contribution in [1.82, 2.24) is 59.0 Å². The van der Waals surface area contributed by atoms with E-state index >= 15 is 0 Å². The normalized spacial score (nSPS) is 11.4. The van der Waals surface area contributed by atoms with Gasteiger partial charge in [-0.25, -0.2) is 49.8 Å². The molecule has 0 unspecified atom stereocenters. The van der Waals surface area contributed by atoms with Crippen LogP contribution in [0.15, 0.2) is 376 Å². The van der Waals surface area contributed by atoms with Gasteiger partial charge in [-0.3, -0.25) is 9.13 Å². The fourth-order valence-electron chi connectivity index (χ4n) is 15.9. The number of para-hydroxylation sites is 4. The van der Waals surface area contributed by atoms with E-state index in [1.165, 1.54) is 5.56 Å². The van der Waals surface area contributed by atoms with Gasteiger partial charge >= 0.3 is 0 Å². The first-order valence-corrected chi connectivity index (χ1v) is 39.2. The predicted molar refractivity (Wildman–Crippen MR) is 473 cm³/mol. The van der Waals surface area contributed by atoms with Crippen molar-refractivity contribution in [2.24, 2.45) is 0 Å². The van der Waals surface area contributed by atoms with Crippen LogP contribution >= 0.6 is 0 Å². The summed E-state index contributed by atoms with van der Waals surface area (Å²) in [7, 11) is 0. The van der Waals surface area contributed by atoms with Crippen molar-refractivity contribution < 1.29 is 0 Å². The molecular weight excluding hydrogens is 1420 g/mol. The highest BCUT2D eigenvalue weighted by Gasteiger charge is 2.24. The number of benzene rings is 13. The van der Waals surface area contributed by atoms with Gasteiger partial charge in [0, 0.05) is 90.3 Å². The number of fused-ring (bicyclic) bond motifs is 10. The maximum Gasteiger partial charge on any atom is 0.160 e. The Morgan fingerprint density at radius 3 is 0.922 bits per heavy atom. The van der Waals surface area contributed by atoms with E-state index in [4.69, 9.17) is 49.8 Å². The Hall–Kier alpha value is -15.4. The van der Waals surface area contributed by atoms with E-state index in [-0.39, 0.29) is 0 Å². The zero-order chi connectivity index (χ0) is 77.4. The largest absolute Gasteiger partial charge is 0.296 e. The van der Waals surface area contributed by atoms with Gasteiger partial charge < -0.3 is 0 Å². The summed E-state index contributed by atoms with van der Waals surface area (Å²) in [5.41, 5.74) is 26.8. The minimum atomic E-state index is 0.653. The molecule has 13 aromatic carbocycles. The molecule has 0 saturated carbocycles. The van der Waals surface area contributed by atoms with Crippen LogP contribution in [0.4, 0.5) is 0 Å². The van der Waals surface area contributed by atoms with Crippen molar-refractivity contribution >= 4 is 65.4 Å². The second-order valence-corrected chi connectivity index (χ2v) is 28.7. The van der Waals surface area contributed by atoms with Gasteiger partial charge in [0.2, 0.25) is 0 Å². The zero-order valence-electron chi connectivity index (χ0n) is 63.6. The lowest BCUT2D eigenvalue weighted by Crippen LogP contribution is -1.99. The monoisotopic (exact) mass is 1490 g/mol. The van der Waals surface area contributed by atoms with Crippen LogP contribution in [0.3, 0.4) is 0 Å². The topological polar surface area (TPSA) is 139 Å². The fourth-order valence-corrected chi connectivity index (χ4v) is 15.9. The number of aryl methyl sites for hydroxylation is 2. The molecule has 21 aromatic rings. The van der Waals surface area contributed by atoms with Crippen molar-refractivity contribution in [3.63, 3.8) is 0 Å². The number of nitrogens with zero attached hydrogens (tertiary/aromatic N) is 12. The Balaban J connectivity index is 0.000000150. The average molecular weight is 1490 g/mol. The Morgan fingerprint density at radius 2 is 0.517 bits per heavy atom. The molecule has 0 fully saturated rings. The Kier molecular flexibility index (Phi) is 18.3. The van der Waals surface area contributed by atoms with E-state index in [1.807, 2.05) is 146 Å². The average Bonchev–Trinajstić information content (AvgIpc) is 1.51. The number of rotatable bonds is 15. The maximum absolute atomic E-state index is 5.32. The second kappa shape index (κ2) is 30.4. The Bertz CT molecular complexity index is 7170. The summed E-state index contributed by atoms with van der Waals surface area (Å²) in [4.78, 5) is 51.7. The molecule has 0 radical (unpaired) electrons. The standard InChI is InChI=1S/C55H38N6.C49H34N6/c1-2-51-60-54-50(61(51)42-19-10-5-11-20-42)34-33-44-43-21-12-13-22-46(43)57-53(52(44)54)40-31-29-38(30-32-40)45-23-14-24-47(56-45)49-35-48(58-55(59-49)41-17-8-4-9-18-41)39-27-25-37(26-28-39)36-15-6-3-7-16-36;1-2-45-54-48-44(55(45)36-19-10-5-11-20-36)30-29-38-37-21-12-13-22-40(37)51-47(46(38)48)34-27-25-33(26-28-34)39-23-14-24-41(50-39)43-31-42(32-15-6-3-7-16-32)52-49(53-43)35-17-8-4-9-18-35/h3-35H,2H2,1H3;3-31H,2H2,1H3. The molecule has 12 nitrogen and oxygen atoms in total. The molecule has 0 atom stereocenters. The molecule has 548 valence electrons. The van der Waals surface area contributed by atoms with E-state index in [0.29, 0.717) is 11.6 Å². The minimum absolute atomic E-state index is 0.653. The highest BCUT2D eigenvalue weighted by Crippen LogP contribution is 2.43. The smallest absolute Gasteiger partial charge is 0.160 e. The molecule has 0 aliphatic rings. The van der Waals surface area contributed by atoms with Gasteiger partial charge in [-0.2, -0.15) is 0 Å². The third kappa shape index (κ3) is 13.2. The van der Waals surface area contributed by atoms with E-state index in [2.05, 4.69) is 254 Å². The molecule has 0 spiro atoms. The van der Waals surface area contributed by atoms with Crippen molar-refractivity contribution in [1.29, 1.82) is 0 Å². The summed E-state index contributed by atoms with van der Waals surface area (Å²) in [6.45, 7) is 4.32. The Morgan fingerprint density at radius 1 is 0.207 bits per heavy atom. The van der Waals surface area contributed by atoms with Crippen molar-refractivity contribution in [3.05, 3.63) is 388 Å².